The van der Waals surface area contributed by atoms with Crippen LogP contribution in [-0.4, -0.2) is 47.1 Å². The summed E-state index contributed by atoms with van der Waals surface area (Å²) in [4.78, 5) is 21.2. The third kappa shape index (κ3) is 5.56. The predicted octanol–water partition coefficient (Wildman–Crippen LogP) is 5.35. The van der Waals surface area contributed by atoms with Gasteiger partial charge in [0.25, 0.3) is 0 Å². The number of rotatable bonds is 8. The summed E-state index contributed by atoms with van der Waals surface area (Å²) in [6.07, 6.45) is 1.71. The number of hydrogen-bond donors (Lipinski definition) is 1. The fourth-order valence-corrected chi connectivity index (χ4v) is 4.61. The molecule has 1 aliphatic heterocycles. The monoisotopic (exact) mass is 479 g/mol. The van der Waals surface area contributed by atoms with Gasteiger partial charge in [0.1, 0.15) is 23.7 Å². The maximum Gasteiger partial charge on any atom is 0.340 e. The van der Waals surface area contributed by atoms with E-state index in [1.165, 1.54) is 5.56 Å². The average Bonchev–Trinajstić information content (AvgIpc) is 2.93. The number of hydrogen-bond acceptors (Lipinski definition) is 5. The van der Waals surface area contributed by atoms with E-state index in [0.29, 0.717) is 18.0 Å². The number of pyridine rings is 1. The number of carboxylic acid groups (broad SMARTS) is 1. The van der Waals surface area contributed by atoms with Gasteiger partial charge in [-0.2, -0.15) is 0 Å². The Labute approximate surface area is 211 Å². The predicted molar refractivity (Wildman–Crippen MR) is 141 cm³/mol. The molecule has 4 aromatic rings. The number of anilines is 1. The second-order valence-corrected chi connectivity index (χ2v) is 8.91. The summed E-state index contributed by atoms with van der Waals surface area (Å²) in [5.74, 6) is 0.453. The number of aromatic nitrogens is 1. The first-order chi connectivity index (χ1) is 17.7. The molecule has 0 radical (unpaired) electrons. The summed E-state index contributed by atoms with van der Waals surface area (Å²) in [6.45, 7) is 4.45. The largest absolute Gasteiger partial charge is 0.489 e. The molecule has 1 aromatic heterocycles. The van der Waals surface area contributed by atoms with E-state index in [0.717, 1.165) is 49.6 Å². The summed E-state index contributed by atoms with van der Waals surface area (Å²) in [5.41, 5.74) is 4.18. The zero-order valence-electron chi connectivity index (χ0n) is 20.1. The molecule has 0 aliphatic carbocycles. The Kier molecular flexibility index (Phi) is 7.24. The molecule has 182 valence electrons. The number of benzene rings is 3. The van der Waals surface area contributed by atoms with Crippen LogP contribution in [0.25, 0.3) is 11.1 Å². The van der Waals surface area contributed by atoms with Crippen molar-refractivity contribution in [1.82, 2.24) is 9.88 Å². The lowest BCUT2D eigenvalue weighted by atomic mass is 10.0. The molecule has 0 spiro atoms. The fourth-order valence-electron chi connectivity index (χ4n) is 4.61. The van der Waals surface area contributed by atoms with Crippen molar-refractivity contribution in [2.75, 3.05) is 31.1 Å². The van der Waals surface area contributed by atoms with Crippen molar-refractivity contribution in [1.29, 1.82) is 0 Å². The highest BCUT2D eigenvalue weighted by molar-refractivity contribution is 6.01. The minimum absolute atomic E-state index is 0.264. The van der Waals surface area contributed by atoms with Crippen LogP contribution in [0, 0.1) is 0 Å². The summed E-state index contributed by atoms with van der Waals surface area (Å²) in [6, 6.07) is 29.8. The van der Waals surface area contributed by atoms with Crippen LogP contribution in [0.1, 0.15) is 21.5 Å². The second-order valence-electron chi connectivity index (χ2n) is 8.91. The van der Waals surface area contributed by atoms with E-state index >= 15 is 0 Å². The molecule has 6 nitrogen and oxygen atoms in total. The van der Waals surface area contributed by atoms with Crippen LogP contribution in [0.15, 0.2) is 97.2 Å². The van der Waals surface area contributed by atoms with E-state index in [-0.39, 0.29) is 5.56 Å². The van der Waals surface area contributed by atoms with Gasteiger partial charge >= 0.3 is 5.97 Å². The van der Waals surface area contributed by atoms with E-state index in [2.05, 4.69) is 39.0 Å². The van der Waals surface area contributed by atoms with Crippen LogP contribution < -0.4 is 9.64 Å². The van der Waals surface area contributed by atoms with Crippen molar-refractivity contribution in [2.24, 2.45) is 0 Å². The molecule has 1 saturated heterocycles. The van der Waals surface area contributed by atoms with Crippen LogP contribution in [0.3, 0.4) is 0 Å². The Morgan fingerprint density at radius 1 is 0.833 bits per heavy atom. The van der Waals surface area contributed by atoms with Crippen LogP contribution in [0.5, 0.6) is 5.75 Å². The zero-order valence-corrected chi connectivity index (χ0v) is 20.1. The highest BCUT2D eigenvalue weighted by atomic mass is 16.5. The molecule has 36 heavy (non-hydrogen) atoms. The Bertz CT molecular complexity index is 1300. The Morgan fingerprint density at radius 3 is 2.25 bits per heavy atom. The number of carbonyl (C=O) groups is 1. The van der Waals surface area contributed by atoms with Crippen LogP contribution in [0.2, 0.25) is 0 Å². The number of carboxylic acids is 1. The fraction of sp³-hybridized carbons (Fsp3) is 0.200. The quantitative estimate of drug-likeness (QED) is 0.368. The first-order valence-corrected chi connectivity index (χ1v) is 12.2. The van der Waals surface area contributed by atoms with Crippen molar-refractivity contribution in [3.63, 3.8) is 0 Å². The van der Waals surface area contributed by atoms with Crippen LogP contribution in [-0.2, 0) is 13.2 Å². The number of nitrogens with zero attached hydrogens (tertiary/aromatic N) is 3. The SMILES string of the molecule is O=C(O)c1c(-c2ccccc2)ccnc1N1CCN(Cc2cccc(OCc3ccccc3)c2)CC1. The van der Waals surface area contributed by atoms with Crippen molar-refractivity contribution < 1.29 is 14.6 Å². The number of piperazine rings is 1. The van der Waals surface area contributed by atoms with Crippen molar-refractivity contribution >= 4 is 11.8 Å². The van der Waals surface area contributed by atoms with Crippen LogP contribution >= 0.6 is 0 Å². The van der Waals surface area contributed by atoms with Gasteiger partial charge in [-0.25, -0.2) is 9.78 Å². The van der Waals surface area contributed by atoms with E-state index in [1.807, 2.05) is 60.7 Å². The molecule has 3 aromatic carbocycles. The third-order valence-electron chi connectivity index (χ3n) is 6.45. The van der Waals surface area contributed by atoms with Gasteiger partial charge in [-0.1, -0.05) is 72.8 Å². The van der Waals surface area contributed by atoms with Gasteiger partial charge < -0.3 is 14.7 Å². The van der Waals surface area contributed by atoms with Gasteiger partial charge in [0, 0.05) is 44.5 Å². The van der Waals surface area contributed by atoms with Gasteiger partial charge in [-0.05, 0) is 34.9 Å². The normalized spacial score (nSPS) is 13.9. The molecule has 1 aliphatic rings. The summed E-state index contributed by atoms with van der Waals surface area (Å²) in [7, 11) is 0. The topological polar surface area (TPSA) is 65.9 Å². The van der Waals surface area contributed by atoms with Gasteiger partial charge in [0.05, 0.1) is 0 Å². The highest BCUT2D eigenvalue weighted by Crippen LogP contribution is 2.30. The second kappa shape index (κ2) is 11.1. The van der Waals surface area contributed by atoms with E-state index < -0.39 is 5.97 Å². The minimum atomic E-state index is -0.952. The standard InChI is InChI=1S/C30H29N3O3/c34-30(35)28-27(25-11-5-2-6-12-25)14-15-31-29(28)33-18-16-32(17-19-33)21-24-10-7-13-26(20-24)36-22-23-8-3-1-4-9-23/h1-15,20H,16-19,21-22H2,(H,34,35). The lowest BCUT2D eigenvalue weighted by Crippen LogP contribution is -2.46. The molecule has 2 heterocycles. The molecule has 1 fully saturated rings. The Balaban J connectivity index is 1.23. The highest BCUT2D eigenvalue weighted by Gasteiger charge is 2.25. The molecule has 0 saturated carbocycles. The summed E-state index contributed by atoms with van der Waals surface area (Å²) >= 11 is 0. The van der Waals surface area contributed by atoms with Gasteiger partial charge in [0.15, 0.2) is 0 Å². The molecule has 0 bridgehead atoms. The first kappa shape index (κ1) is 23.6. The molecule has 5 rings (SSSR count). The Hall–Kier alpha value is -4.16. The molecule has 0 atom stereocenters. The van der Waals surface area contributed by atoms with Gasteiger partial charge in [-0.15, -0.1) is 0 Å². The lowest BCUT2D eigenvalue weighted by molar-refractivity contribution is 0.0697. The van der Waals surface area contributed by atoms with Crippen LogP contribution in [0.4, 0.5) is 5.82 Å². The smallest absolute Gasteiger partial charge is 0.340 e. The maximum absolute atomic E-state index is 12.3. The van der Waals surface area contributed by atoms with E-state index in [1.54, 1.807) is 12.3 Å². The summed E-state index contributed by atoms with van der Waals surface area (Å²) < 4.78 is 5.99. The molecular weight excluding hydrogens is 450 g/mol. The van der Waals surface area contributed by atoms with Crippen molar-refractivity contribution in [3.05, 3.63) is 114 Å². The molecule has 0 amide bonds. The number of ether oxygens (including phenoxy) is 1. The average molecular weight is 480 g/mol. The number of aromatic carboxylic acids is 1. The van der Waals surface area contributed by atoms with Crippen molar-refractivity contribution in [3.8, 4) is 16.9 Å². The van der Waals surface area contributed by atoms with Gasteiger partial charge in [-0.3, -0.25) is 4.90 Å². The van der Waals surface area contributed by atoms with E-state index in [4.69, 9.17) is 4.74 Å². The maximum atomic E-state index is 12.3. The van der Waals surface area contributed by atoms with Crippen molar-refractivity contribution in [2.45, 2.75) is 13.2 Å². The minimum Gasteiger partial charge on any atom is -0.489 e. The zero-order chi connectivity index (χ0) is 24.7. The van der Waals surface area contributed by atoms with E-state index in [9.17, 15) is 9.90 Å². The molecule has 0 unspecified atom stereocenters. The molecule has 1 N–H and O–H groups in total. The molecule has 6 heteroatoms. The van der Waals surface area contributed by atoms with Gasteiger partial charge in [0.2, 0.25) is 0 Å². The Morgan fingerprint density at radius 2 is 1.53 bits per heavy atom. The summed E-state index contributed by atoms with van der Waals surface area (Å²) in [5, 5.41) is 10.0. The third-order valence-corrected chi connectivity index (χ3v) is 6.45. The first-order valence-electron chi connectivity index (χ1n) is 12.2. The molecular formula is C30H29N3O3. The lowest BCUT2D eigenvalue weighted by Gasteiger charge is -2.36.